The van der Waals surface area contributed by atoms with E-state index >= 15 is 4.39 Å². The Balaban J connectivity index is 1.62. The van der Waals surface area contributed by atoms with Crippen LogP contribution < -0.4 is 32.7 Å². The average Bonchev–Trinajstić information content (AvgIpc) is 3.88. The van der Waals surface area contributed by atoms with Gasteiger partial charge >= 0.3 is 17.9 Å². The van der Waals surface area contributed by atoms with Gasteiger partial charge in [-0.05, 0) is 48.1 Å². The number of imide groups is 1. The highest BCUT2D eigenvalue weighted by Crippen LogP contribution is 2.41. The third-order valence-corrected chi connectivity index (χ3v) is 12.5. The smallest absolute Gasteiger partial charge is 0.327 e. The minimum Gasteiger partial charge on any atom is -0.481 e. The highest BCUT2D eigenvalue weighted by molar-refractivity contribution is 8.00. The van der Waals surface area contributed by atoms with E-state index in [0.29, 0.717) is 10.6 Å². The Bertz CT molecular complexity index is 2660. The molecule has 4 rings (SSSR count). The number of nitrogens with one attached hydrogen (secondary N) is 4. The molecule has 8 amide bonds. The fourth-order valence-electron chi connectivity index (χ4n) is 7.82. The number of rotatable bonds is 29. The highest BCUT2D eigenvalue weighted by atomic mass is 32.2. The maximum absolute atomic E-state index is 15.4. The van der Waals surface area contributed by atoms with Crippen molar-refractivity contribution in [3.05, 3.63) is 95.8 Å². The zero-order valence-corrected chi connectivity index (χ0v) is 41.9. The number of hydrogen-bond donors (Lipinski definition) is 9. The van der Waals surface area contributed by atoms with Crippen molar-refractivity contribution in [2.24, 2.45) is 16.9 Å². The normalized spacial score (nSPS) is 14.2. The quantitative estimate of drug-likeness (QED) is 0.0431. The third-order valence-electron chi connectivity index (χ3n) is 11.4. The van der Waals surface area contributed by atoms with Crippen LogP contribution in [0.5, 0.6) is 0 Å². The molecule has 0 radical (unpaired) electrons. The van der Waals surface area contributed by atoms with Crippen LogP contribution in [0.2, 0.25) is 0 Å². The summed E-state index contributed by atoms with van der Waals surface area (Å²) in [5.74, 6) is -13.8. The molecule has 1 aromatic heterocycles. The summed E-state index contributed by atoms with van der Waals surface area (Å²) in [6.07, 6.45) is 1.09. The maximum atomic E-state index is 15.4. The number of carboxylic acids is 3. The summed E-state index contributed by atoms with van der Waals surface area (Å²) < 4.78 is 31.8. The van der Waals surface area contributed by atoms with Crippen molar-refractivity contribution < 1.29 is 76.8 Å². The van der Waals surface area contributed by atoms with Crippen LogP contribution in [0.3, 0.4) is 0 Å². The van der Waals surface area contributed by atoms with Gasteiger partial charge < -0.3 is 57.5 Å². The molecule has 0 unspecified atom stereocenters. The number of nitrogens with zero attached hydrogens (tertiary/aromatic N) is 3. The molecule has 26 heteroatoms. The van der Waals surface area contributed by atoms with Gasteiger partial charge in [0.25, 0.3) is 11.8 Å². The molecule has 0 fully saturated rings. The Morgan fingerprint density at radius 3 is 2.03 bits per heavy atom. The minimum atomic E-state index is -1.75. The van der Waals surface area contributed by atoms with Gasteiger partial charge in [0.1, 0.15) is 36.3 Å². The molecule has 0 bridgehead atoms. The van der Waals surface area contributed by atoms with E-state index in [4.69, 9.17) is 16.6 Å². The van der Waals surface area contributed by atoms with Gasteiger partial charge in [0.15, 0.2) is 0 Å². The molecule has 3 aromatic rings. The highest BCUT2D eigenvalue weighted by Gasteiger charge is 2.38. The first-order valence-electron chi connectivity index (χ1n) is 23.2. The van der Waals surface area contributed by atoms with Gasteiger partial charge in [-0.15, -0.1) is 11.8 Å². The van der Waals surface area contributed by atoms with Gasteiger partial charge in [-0.25, -0.2) is 18.4 Å². The van der Waals surface area contributed by atoms with E-state index in [1.54, 1.807) is 55.8 Å². The van der Waals surface area contributed by atoms with Crippen LogP contribution in [-0.2, 0) is 59.3 Å². The molecule has 0 spiro atoms. The Morgan fingerprint density at radius 1 is 0.787 bits per heavy atom. The Labute approximate surface area is 432 Å². The number of nitrogens with two attached hydrogens (primary N) is 2. The minimum absolute atomic E-state index is 0.0799. The lowest BCUT2D eigenvalue weighted by molar-refractivity contribution is -0.143. The van der Waals surface area contributed by atoms with Crippen molar-refractivity contribution in [1.82, 2.24) is 35.6 Å². The molecule has 75 heavy (non-hydrogen) atoms. The number of carboxylic acid groups (broad SMARTS) is 3. The number of hydrogen-bond acceptors (Lipinski definition) is 13. The molecule has 1 aliphatic heterocycles. The lowest BCUT2D eigenvalue weighted by atomic mass is 9.82. The predicted molar refractivity (Wildman–Crippen MR) is 264 cm³/mol. The molecule has 23 nitrogen and oxygen atoms in total. The van der Waals surface area contributed by atoms with Crippen molar-refractivity contribution in [3.63, 3.8) is 0 Å². The third kappa shape index (κ3) is 18.2. The molecule has 404 valence electrons. The first kappa shape index (κ1) is 59.6. The van der Waals surface area contributed by atoms with Crippen LogP contribution >= 0.6 is 11.8 Å². The number of benzene rings is 2. The number of carbonyl (C=O) groups excluding carboxylic acids is 8. The second-order valence-electron chi connectivity index (χ2n) is 18.4. The first-order valence-corrected chi connectivity index (χ1v) is 24.4. The van der Waals surface area contributed by atoms with Crippen molar-refractivity contribution in [2.45, 2.75) is 89.6 Å². The van der Waals surface area contributed by atoms with Gasteiger partial charge in [-0.2, -0.15) is 0 Å². The van der Waals surface area contributed by atoms with E-state index < -0.39 is 150 Å². The summed E-state index contributed by atoms with van der Waals surface area (Å²) in [5.41, 5.74) is 12.2. The Kier molecular flexibility index (Phi) is 21.7. The monoisotopic (exact) mass is 1070 g/mol. The fraction of sp³-hybridized carbons (Fsp3) is 0.408. The summed E-state index contributed by atoms with van der Waals surface area (Å²) in [5, 5.41) is 37.5. The van der Waals surface area contributed by atoms with E-state index in [-0.39, 0.29) is 43.6 Å². The van der Waals surface area contributed by atoms with Gasteiger partial charge in [-0.1, -0.05) is 51.1 Å². The van der Waals surface area contributed by atoms with Crippen LogP contribution in [-0.4, -0.2) is 150 Å². The Hall–Kier alpha value is -8.00. The van der Waals surface area contributed by atoms with Gasteiger partial charge in [0.2, 0.25) is 35.4 Å². The zero-order chi connectivity index (χ0) is 55.7. The molecule has 2 heterocycles. The van der Waals surface area contributed by atoms with E-state index in [2.05, 4.69) is 21.3 Å². The average molecular weight is 1070 g/mol. The van der Waals surface area contributed by atoms with Crippen molar-refractivity contribution in [3.8, 4) is 11.1 Å². The molecular weight excluding hydrogens is 1010 g/mol. The van der Waals surface area contributed by atoms with E-state index in [9.17, 15) is 67.3 Å². The lowest BCUT2D eigenvalue weighted by Gasteiger charge is -2.41. The molecule has 0 saturated heterocycles. The van der Waals surface area contributed by atoms with Gasteiger partial charge in [-0.3, -0.25) is 48.1 Å². The van der Waals surface area contributed by atoms with Gasteiger partial charge in [0.05, 0.1) is 24.3 Å². The largest absolute Gasteiger partial charge is 0.481 e. The number of aliphatic carboxylic acids is 3. The van der Waals surface area contributed by atoms with Gasteiger partial charge in [0, 0.05) is 73.4 Å². The molecule has 0 aliphatic carbocycles. The number of aromatic nitrogens is 1. The first-order chi connectivity index (χ1) is 35.2. The number of carbonyl (C=O) groups is 11. The Morgan fingerprint density at radius 2 is 1.43 bits per heavy atom. The van der Waals surface area contributed by atoms with Crippen LogP contribution in [0, 0.1) is 17.0 Å². The second kappa shape index (κ2) is 27.3. The van der Waals surface area contributed by atoms with Crippen molar-refractivity contribution in [1.29, 1.82) is 0 Å². The molecule has 11 N–H and O–H groups in total. The molecule has 2 aromatic carbocycles. The zero-order valence-electron chi connectivity index (χ0n) is 41.1. The predicted octanol–water partition coefficient (Wildman–Crippen LogP) is 0.643. The summed E-state index contributed by atoms with van der Waals surface area (Å²) in [6, 6.07) is 6.37. The number of thioether (sulfide) groups is 1. The molecule has 1 aliphatic rings. The SMILES string of the molecule is CC(C)(C)[C@H](c1cc(-c2cc(F)ccc2F)cn1Cc1ccccc1)N(CC[C@H](N)C(=O)NCCC(=O)N[C@H](CCC(=O)O)C(=O)O)C(=O)CSC[C@H](NC(=O)[C@H](CC(N)=O)NC(=O)CN1C(=O)C=CC1=O)C(=O)O. The van der Waals surface area contributed by atoms with Crippen LogP contribution in [0.4, 0.5) is 8.78 Å². The van der Waals surface area contributed by atoms with Crippen molar-refractivity contribution in [2.75, 3.05) is 31.1 Å². The molecule has 0 saturated carbocycles. The van der Waals surface area contributed by atoms with E-state index in [1.807, 2.05) is 12.1 Å². The van der Waals surface area contributed by atoms with E-state index in [1.165, 1.54) is 4.90 Å². The van der Waals surface area contributed by atoms with Crippen molar-refractivity contribution >= 4 is 76.9 Å². The fourth-order valence-corrected chi connectivity index (χ4v) is 8.74. The summed E-state index contributed by atoms with van der Waals surface area (Å²) in [4.78, 5) is 140. The van der Waals surface area contributed by atoms with E-state index in [0.717, 1.165) is 47.7 Å². The van der Waals surface area contributed by atoms with Crippen LogP contribution in [0.15, 0.2) is 72.9 Å². The number of halogens is 2. The summed E-state index contributed by atoms with van der Waals surface area (Å²) in [6.45, 7) is 4.20. The summed E-state index contributed by atoms with van der Waals surface area (Å²) >= 11 is 0.763. The second-order valence-corrected chi connectivity index (χ2v) is 19.4. The van der Waals surface area contributed by atoms with Crippen LogP contribution in [0.25, 0.3) is 11.1 Å². The lowest BCUT2D eigenvalue weighted by Crippen LogP contribution is -2.55. The standard InChI is InChI=1S/C49H59F2N9O14S/c1-49(2,3)44(36-19-28(30-20-29(50)9-10-31(30)51)23-58(36)22-27-7-5-4-6-8-27)59(18-16-32(52)45(69)54-17-15-38(62)55-33(47(71)72)11-14-43(67)68)42(66)26-75-25-35(48(73)74)57-46(70)34(21-37(53)61)56-39(63)24-60-40(64)12-13-41(60)65/h4-10,12-13,19-20,23,32-35,44H,11,14-18,21-22,24-26,52H2,1-3H3,(H2,53,61)(H,54,69)(H,55,62)(H,56,63)(H,57,70)(H,67,68)(H,71,72)(H,73,74)/t32-,33+,34-,35-,44-/m0/s1. The molecular formula is C49H59F2N9O14S. The summed E-state index contributed by atoms with van der Waals surface area (Å²) in [7, 11) is 0. The number of amides is 8. The molecule has 5 atom stereocenters. The topological polar surface area (TPSA) is 360 Å². The maximum Gasteiger partial charge on any atom is 0.327 e. The van der Waals surface area contributed by atoms with Crippen LogP contribution in [0.1, 0.15) is 70.2 Å². The number of primary amides is 1.